The van der Waals surface area contributed by atoms with Crippen LogP contribution in [-0.4, -0.2) is 10.6 Å². The van der Waals surface area contributed by atoms with E-state index < -0.39 is 0 Å². The van der Waals surface area contributed by atoms with E-state index >= 15 is 0 Å². The summed E-state index contributed by atoms with van der Waals surface area (Å²) in [6.45, 7) is 0. The number of aromatic nitrogens is 1. The SMILES string of the molecule is C1=CCCC(c2ccc(N(C3=CCC(C4=CCC(n5c6c(c7c5CCC=C7)CCC=C6)C=C4)C=C3)C3C=CC(c4ccccc4)=CC3)cc2)=C1. The normalized spacial score (nSPS) is 23.5. The first-order chi connectivity index (χ1) is 24.8. The Morgan fingerprint density at radius 3 is 2.26 bits per heavy atom. The van der Waals surface area contributed by atoms with Gasteiger partial charge in [-0.2, -0.15) is 0 Å². The number of anilines is 1. The smallest absolute Gasteiger partial charge is 0.0560 e. The van der Waals surface area contributed by atoms with Gasteiger partial charge in [0.05, 0.1) is 12.1 Å². The van der Waals surface area contributed by atoms with E-state index in [1.807, 2.05) is 0 Å². The van der Waals surface area contributed by atoms with E-state index in [0.717, 1.165) is 51.4 Å². The summed E-state index contributed by atoms with van der Waals surface area (Å²) in [4.78, 5) is 2.56. The maximum absolute atomic E-state index is 2.67. The topological polar surface area (TPSA) is 8.17 Å². The van der Waals surface area contributed by atoms with Crippen LogP contribution in [0.15, 0.2) is 151 Å². The summed E-state index contributed by atoms with van der Waals surface area (Å²) in [5.74, 6) is 0.410. The molecule has 6 aliphatic carbocycles. The maximum Gasteiger partial charge on any atom is 0.0560 e. The maximum atomic E-state index is 2.67. The van der Waals surface area contributed by atoms with E-state index in [0.29, 0.717) is 12.0 Å². The lowest BCUT2D eigenvalue weighted by molar-refractivity contribution is 0.568. The summed E-state index contributed by atoms with van der Waals surface area (Å²) >= 11 is 0. The van der Waals surface area contributed by atoms with Crippen molar-refractivity contribution in [3.05, 3.63) is 185 Å². The molecule has 0 amide bonds. The Kier molecular flexibility index (Phi) is 8.46. The molecule has 0 radical (unpaired) electrons. The molecule has 6 aliphatic rings. The standard InChI is InChI=1S/C48H46N2/c1-3-11-35(12-4-1)37-19-27-41(28-20-37)49(42-29-21-38(22-30-42)36-13-5-2-6-14-36)43-31-23-39(24-32-43)40-25-33-44(34-26-40)50-47-17-9-7-15-45(47)46-16-8-10-18-48(46)50/h1-5,7,10-13,15,18-23,25-27,29-33,39,41,44H,6,8-9,14,16-17,24,28,34H2. The van der Waals surface area contributed by atoms with Gasteiger partial charge in [0.25, 0.3) is 0 Å². The third-order valence-corrected chi connectivity index (χ3v) is 11.4. The molecule has 3 unspecified atom stereocenters. The van der Waals surface area contributed by atoms with E-state index in [1.54, 1.807) is 11.3 Å². The van der Waals surface area contributed by atoms with Gasteiger partial charge < -0.3 is 9.47 Å². The summed E-state index contributed by atoms with van der Waals surface area (Å²) in [6.07, 6.45) is 48.0. The van der Waals surface area contributed by atoms with Crippen LogP contribution in [0.5, 0.6) is 0 Å². The summed E-state index contributed by atoms with van der Waals surface area (Å²) in [5, 5.41) is 0. The predicted octanol–water partition coefficient (Wildman–Crippen LogP) is 11.9. The molecule has 0 spiro atoms. The molecule has 0 saturated heterocycles. The Bertz CT molecular complexity index is 2080. The molecule has 0 saturated carbocycles. The van der Waals surface area contributed by atoms with Gasteiger partial charge in [0.1, 0.15) is 0 Å². The van der Waals surface area contributed by atoms with Gasteiger partial charge in [-0.25, -0.2) is 0 Å². The van der Waals surface area contributed by atoms with Gasteiger partial charge in [0, 0.05) is 28.7 Å². The fourth-order valence-electron chi connectivity index (χ4n) is 8.83. The number of hydrogen-bond donors (Lipinski definition) is 0. The lowest BCUT2D eigenvalue weighted by atomic mass is 9.86. The highest BCUT2D eigenvalue weighted by Crippen LogP contribution is 2.40. The van der Waals surface area contributed by atoms with Gasteiger partial charge in [-0.1, -0.05) is 128 Å². The van der Waals surface area contributed by atoms with Gasteiger partial charge in [-0.15, -0.1) is 0 Å². The van der Waals surface area contributed by atoms with Crippen LogP contribution in [0.2, 0.25) is 0 Å². The Balaban J connectivity index is 0.947. The first-order valence-electron chi connectivity index (χ1n) is 18.8. The van der Waals surface area contributed by atoms with Crippen molar-refractivity contribution >= 4 is 29.0 Å². The number of benzene rings is 2. The molecular formula is C48H46N2. The number of rotatable bonds is 7. The van der Waals surface area contributed by atoms with E-state index in [2.05, 4.69) is 161 Å². The Morgan fingerprint density at radius 1 is 0.640 bits per heavy atom. The van der Waals surface area contributed by atoms with E-state index in [-0.39, 0.29) is 6.04 Å². The number of nitrogens with zero attached hydrogens (tertiary/aromatic N) is 2. The van der Waals surface area contributed by atoms with Gasteiger partial charge in [-0.05, 0) is 121 Å². The average Bonchev–Trinajstić information content (AvgIpc) is 3.54. The molecule has 0 fully saturated rings. The van der Waals surface area contributed by atoms with Crippen LogP contribution in [-0.2, 0) is 12.8 Å². The Morgan fingerprint density at radius 2 is 1.50 bits per heavy atom. The van der Waals surface area contributed by atoms with E-state index in [4.69, 9.17) is 0 Å². The molecule has 3 aromatic rings. The van der Waals surface area contributed by atoms with Crippen molar-refractivity contribution in [3.63, 3.8) is 0 Å². The second kappa shape index (κ2) is 13.7. The third-order valence-electron chi connectivity index (χ3n) is 11.4. The quantitative estimate of drug-likeness (QED) is 0.247. The minimum absolute atomic E-state index is 0.259. The van der Waals surface area contributed by atoms with Crippen molar-refractivity contribution < 1.29 is 0 Å². The predicted molar refractivity (Wildman–Crippen MR) is 213 cm³/mol. The highest BCUT2D eigenvalue weighted by atomic mass is 15.2. The molecule has 50 heavy (non-hydrogen) atoms. The fourth-order valence-corrected chi connectivity index (χ4v) is 8.83. The zero-order valence-electron chi connectivity index (χ0n) is 28.9. The lowest BCUT2D eigenvalue weighted by Gasteiger charge is -2.36. The van der Waals surface area contributed by atoms with Crippen molar-refractivity contribution in [2.75, 3.05) is 4.90 Å². The second-order valence-corrected chi connectivity index (χ2v) is 14.4. The molecule has 2 nitrogen and oxygen atoms in total. The van der Waals surface area contributed by atoms with Crippen LogP contribution >= 0.6 is 0 Å². The average molecular weight is 651 g/mol. The highest BCUT2D eigenvalue weighted by Gasteiger charge is 2.28. The van der Waals surface area contributed by atoms with Gasteiger partial charge in [0.2, 0.25) is 0 Å². The van der Waals surface area contributed by atoms with Crippen molar-refractivity contribution in [1.82, 2.24) is 4.57 Å². The zero-order valence-corrected chi connectivity index (χ0v) is 28.9. The van der Waals surface area contributed by atoms with E-state index in [1.165, 1.54) is 56.9 Å². The van der Waals surface area contributed by atoms with Crippen LogP contribution in [0.25, 0.3) is 23.3 Å². The van der Waals surface area contributed by atoms with Gasteiger partial charge in [0.15, 0.2) is 0 Å². The molecule has 9 rings (SSSR count). The lowest BCUT2D eigenvalue weighted by Crippen LogP contribution is -2.34. The molecule has 1 aromatic heterocycles. The highest BCUT2D eigenvalue weighted by molar-refractivity contribution is 5.76. The van der Waals surface area contributed by atoms with Gasteiger partial charge >= 0.3 is 0 Å². The zero-order chi connectivity index (χ0) is 33.3. The monoisotopic (exact) mass is 650 g/mol. The largest absolute Gasteiger partial charge is 0.337 e. The number of hydrogen-bond acceptors (Lipinski definition) is 1. The van der Waals surface area contributed by atoms with Crippen molar-refractivity contribution in [3.8, 4) is 0 Å². The van der Waals surface area contributed by atoms with Crippen LogP contribution in [0.3, 0.4) is 0 Å². The minimum Gasteiger partial charge on any atom is -0.337 e. The molecule has 2 aromatic carbocycles. The van der Waals surface area contributed by atoms with E-state index in [9.17, 15) is 0 Å². The van der Waals surface area contributed by atoms with Crippen LogP contribution < -0.4 is 4.90 Å². The van der Waals surface area contributed by atoms with Crippen molar-refractivity contribution in [2.24, 2.45) is 5.92 Å². The van der Waals surface area contributed by atoms with Crippen LogP contribution in [0.1, 0.15) is 84.6 Å². The number of fused-ring (bicyclic) bond motifs is 3. The minimum atomic E-state index is 0.259. The number of allylic oxidation sites excluding steroid dienone is 15. The summed E-state index contributed by atoms with van der Waals surface area (Å²) in [5.41, 5.74) is 15.4. The molecule has 248 valence electrons. The van der Waals surface area contributed by atoms with Crippen LogP contribution in [0.4, 0.5) is 5.69 Å². The fraction of sp³-hybridized carbons (Fsp3) is 0.250. The first-order valence-corrected chi connectivity index (χ1v) is 18.8. The summed E-state index contributed by atoms with van der Waals surface area (Å²) in [6, 6.07) is 20.7. The summed E-state index contributed by atoms with van der Waals surface area (Å²) in [7, 11) is 0. The molecule has 0 aliphatic heterocycles. The summed E-state index contributed by atoms with van der Waals surface area (Å²) < 4.78 is 2.67. The Hall–Kier alpha value is -5.08. The molecular weight excluding hydrogens is 605 g/mol. The second-order valence-electron chi connectivity index (χ2n) is 14.4. The van der Waals surface area contributed by atoms with Gasteiger partial charge in [-0.3, -0.25) is 0 Å². The van der Waals surface area contributed by atoms with Crippen LogP contribution in [0, 0.1) is 5.92 Å². The first kappa shape index (κ1) is 30.9. The molecule has 0 bridgehead atoms. The molecule has 1 heterocycles. The third kappa shape index (κ3) is 5.92. The molecule has 0 N–H and O–H groups in total. The Labute approximate surface area is 297 Å². The molecule has 3 atom stereocenters. The van der Waals surface area contributed by atoms with Crippen molar-refractivity contribution in [2.45, 2.75) is 69.9 Å². The van der Waals surface area contributed by atoms with Crippen molar-refractivity contribution in [1.29, 1.82) is 0 Å². The molecule has 2 heteroatoms.